The first-order chi connectivity index (χ1) is 25.6. The molecular weight excluding hydrogens is 657 g/mol. The summed E-state index contributed by atoms with van der Waals surface area (Å²) in [4.78, 5) is 4.15. The van der Waals surface area contributed by atoms with Crippen molar-refractivity contribution in [1.82, 2.24) is 0 Å². The zero-order chi connectivity index (χ0) is 37.3. The summed E-state index contributed by atoms with van der Waals surface area (Å²) < 4.78 is 18.7. The van der Waals surface area contributed by atoms with E-state index in [0.717, 1.165) is 69.5 Å². The fourth-order valence-electron chi connectivity index (χ4n) is 6.99. The zero-order valence-corrected chi connectivity index (χ0v) is 32.6. The van der Waals surface area contributed by atoms with Crippen LogP contribution in [0.5, 0.6) is 11.5 Å². The van der Waals surface area contributed by atoms with E-state index in [1.165, 1.54) is 43.7 Å². The summed E-state index contributed by atoms with van der Waals surface area (Å²) in [7, 11) is 13.6. The summed E-state index contributed by atoms with van der Waals surface area (Å²) in [6.45, 7) is 6.80. The van der Waals surface area contributed by atoms with Gasteiger partial charge in [0.1, 0.15) is 0 Å². The van der Waals surface area contributed by atoms with Crippen molar-refractivity contribution in [2.45, 2.75) is 32.4 Å². The molecule has 6 rings (SSSR count). The minimum absolute atomic E-state index is 0.836. The fourth-order valence-corrected chi connectivity index (χ4v) is 6.99. The van der Waals surface area contributed by atoms with Crippen molar-refractivity contribution in [2.75, 3.05) is 78.3 Å². The molecule has 0 saturated carbocycles. The molecule has 0 bridgehead atoms. The van der Waals surface area contributed by atoms with Gasteiger partial charge in [-0.3, -0.25) is 0 Å². The van der Waals surface area contributed by atoms with Crippen molar-refractivity contribution in [1.29, 1.82) is 0 Å². The van der Waals surface area contributed by atoms with Crippen LogP contribution in [0, 0.1) is 0 Å². The van der Waals surface area contributed by atoms with Gasteiger partial charge in [0.15, 0.2) is 61.1 Å². The number of anilines is 2. The Morgan fingerprint density at radius 3 is 1.30 bits per heavy atom. The van der Waals surface area contributed by atoms with Crippen molar-refractivity contribution in [3.8, 4) is 11.5 Å². The summed E-state index contributed by atoms with van der Waals surface area (Å²) in [5.41, 5.74) is 4.54. The maximum absolute atomic E-state index is 5.97. The number of benzene rings is 2. The Morgan fingerprint density at radius 2 is 0.906 bits per heavy atom. The highest BCUT2D eigenvalue weighted by Crippen LogP contribution is 2.38. The number of quaternary nitrogens is 2. The second-order valence-corrected chi connectivity index (χ2v) is 15.6. The predicted octanol–water partition coefficient (Wildman–Crippen LogP) is 7.05. The van der Waals surface area contributed by atoms with Crippen LogP contribution in [-0.2, 0) is 13.1 Å². The van der Waals surface area contributed by atoms with Crippen LogP contribution in [0.15, 0.2) is 134 Å². The van der Waals surface area contributed by atoms with Gasteiger partial charge in [-0.25, -0.2) is 9.13 Å². The molecule has 2 aromatic heterocycles. The molecule has 8 nitrogen and oxygen atoms in total. The average molecular weight is 715 g/mol. The van der Waals surface area contributed by atoms with E-state index in [2.05, 4.69) is 133 Å². The number of allylic oxidation sites excluding steroid dienone is 4. The minimum atomic E-state index is 0.836. The summed E-state index contributed by atoms with van der Waals surface area (Å²) in [6.07, 6.45) is 24.7. The molecule has 8 heteroatoms. The van der Waals surface area contributed by atoms with Crippen molar-refractivity contribution in [2.24, 2.45) is 0 Å². The molecule has 0 fully saturated rings. The molecule has 0 saturated heterocycles. The Balaban J connectivity index is 0.850. The standard InChI is InChI=1S/C45H58N6O2/c1-46-40-18-7-9-20-42(40)52-44(46)22-11-16-38-24-30-48(31-25-38)28-13-34-50(3,4)36-15-37-51(5,6)35-14-29-49-32-26-39(27-33-49)17-12-23-45-47(2)41-19-8-10-21-43(41)53-45/h7-12,16-27,30-33H,13-15,28-29,34-37H2,1-6H3/q+4. The van der Waals surface area contributed by atoms with E-state index in [9.17, 15) is 0 Å². The molecule has 53 heavy (non-hydrogen) atoms. The highest BCUT2D eigenvalue weighted by Gasteiger charge is 2.23. The topological polar surface area (TPSA) is 32.7 Å². The van der Waals surface area contributed by atoms with Crippen LogP contribution in [0.2, 0.25) is 0 Å². The number of aryl methyl sites for hydroxylation is 2. The number of rotatable bonds is 16. The van der Waals surface area contributed by atoms with Crippen LogP contribution in [0.25, 0.3) is 12.2 Å². The van der Waals surface area contributed by atoms with E-state index in [1.54, 1.807) is 0 Å². The molecule has 0 unspecified atom stereocenters. The number of hydrogen-bond donors (Lipinski definition) is 0. The third-order valence-corrected chi connectivity index (χ3v) is 10.3. The van der Waals surface area contributed by atoms with Crippen molar-refractivity contribution in [3.05, 3.63) is 145 Å². The largest absolute Gasteiger partial charge is 0.439 e. The van der Waals surface area contributed by atoms with Gasteiger partial charge in [0.25, 0.3) is 0 Å². The Bertz CT molecular complexity index is 1800. The Morgan fingerprint density at radius 1 is 0.528 bits per heavy atom. The van der Waals surface area contributed by atoms with Gasteiger partial charge in [-0.15, -0.1) is 0 Å². The molecule has 2 aliphatic heterocycles. The molecule has 0 N–H and O–H groups in total. The number of para-hydroxylation sites is 4. The maximum Gasteiger partial charge on any atom is 0.200 e. The molecule has 2 aliphatic rings. The van der Waals surface area contributed by atoms with Gasteiger partial charge >= 0.3 is 0 Å². The van der Waals surface area contributed by atoms with E-state index in [1.807, 2.05) is 62.6 Å². The number of aromatic nitrogens is 2. The van der Waals surface area contributed by atoms with E-state index in [-0.39, 0.29) is 0 Å². The molecule has 0 spiro atoms. The predicted molar refractivity (Wildman–Crippen MR) is 216 cm³/mol. The Labute approximate surface area is 317 Å². The van der Waals surface area contributed by atoms with E-state index in [0.29, 0.717) is 0 Å². The first-order valence-corrected chi connectivity index (χ1v) is 19.0. The molecule has 276 valence electrons. The molecular formula is C45H58N6O2+4. The molecule has 4 heterocycles. The Hall–Kier alpha value is -5.18. The van der Waals surface area contributed by atoms with Crippen molar-refractivity contribution < 1.29 is 27.6 Å². The van der Waals surface area contributed by atoms with Gasteiger partial charge in [-0.05, 0) is 47.5 Å². The third-order valence-electron chi connectivity index (χ3n) is 10.3. The summed E-state index contributed by atoms with van der Waals surface area (Å²) in [6, 6.07) is 24.9. The lowest BCUT2D eigenvalue weighted by molar-refractivity contribution is -0.911. The first kappa shape index (κ1) is 37.6. The van der Waals surface area contributed by atoms with Gasteiger partial charge in [-0.1, -0.05) is 48.6 Å². The van der Waals surface area contributed by atoms with Crippen molar-refractivity contribution >= 4 is 23.5 Å². The van der Waals surface area contributed by atoms with Gasteiger partial charge in [0.05, 0.1) is 78.6 Å². The monoisotopic (exact) mass is 714 g/mol. The quantitative estimate of drug-likeness (QED) is 0.0921. The lowest BCUT2D eigenvalue weighted by Crippen LogP contribution is -2.47. The molecule has 0 atom stereocenters. The lowest BCUT2D eigenvalue weighted by Gasteiger charge is -2.33. The molecule has 0 amide bonds. The molecule has 4 aromatic rings. The Kier molecular flexibility index (Phi) is 12.1. The minimum Gasteiger partial charge on any atom is -0.439 e. The smallest absolute Gasteiger partial charge is 0.200 e. The number of ether oxygens (including phenoxy) is 2. The van der Waals surface area contributed by atoms with E-state index >= 15 is 0 Å². The summed E-state index contributed by atoms with van der Waals surface area (Å²) in [5.74, 6) is 3.48. The van der Waals surface area contributed by atoms with Gasteiger partial charge in [0.2, 0.25) is 0 Å². The van der Waals surface area contributed by atoms with Gasteiger partial charge < -0.3 is 28.2 Å². The maximum atomic E-state index is 5.97. The van der Waals surface area contributed by atoms with Crippen molar-refractivity contribution in [3.63, 3.8) is 0 Å². The van der Waals surface area contributed by atoms with Crippen LogP contribution in [0.1, 0.15) is 30.4 Å². The SMILES string of the molecule is CN1C(=CC=Cc2cc[n+](CCC[N+](C)(C)CCC[N+](C)(C)CCC[n+]3ccc(C=CC=C4Oc5ccccc5N4C)cc3)cc2)Oc2ccccc21. The number of pyridine rings is 2. The number of hydrogen-bond acceptors (Lipinski definition) is 4. The summed E-state index contributed by atoms with van der Waals surface area (Å²) >= 11 is 0. The van der Waals surface area contributed by atoms with Crippen LogP contribution in [0.4, 0.5) is 11.4 Å². The number of nitrogens with zero attached hydrogens (tertiary/aromatic N) is 6. The fraction of sp³-hybridized carbons (Fsp3) is 0.333. The van der Waals surface area contributed by atoms with Crippen LogP contribution in [-0.4, -0.2) is 77.4 Å². The average Bonchev–Trinajstić information content (AvgIpc) is 3.64. The zero-order valence-electron chi connectivity index (χ0n) is 32.6. The van der Waals surface area contributed by atoms with Crippen LogP contribution in [0.3, 0.4) is 0 Å². The van der Waals surface area contributed by atoms with Gasteiger partial charge in [0, 0.05) is 44.8 Å². The van der Waals surface area contributed by atoms with E-state index < -0.39 is 0 Å². The highest BCUT2D eigenvalue weighted by atomic mass is 16.5. The second kappa shape index (κ2) is 17.1. The second-order valence-electron chi connectivity index (χ2n) is 15.6. The van der Waals surface area contributed by atoms with E-state index in [4.69, 9.17) is 9.47 Å². The third kappa shape index (κ3) is 10.5. The van der Waals surface area contributed by atoms with Crippen LogP contribution >= 0.6 is 0 Å². The first-order valence-electron chi connectivity index (χ1n) is 19.0. The van der Waals surface area contributed by atoms with Gasteiger partial charge in [-0.2, -0.15) is 0 Å². The normalized spacial score (nSPS) is 15.8. The van der Waals surface area contributed by atoms with Crippen LogP contribution < -0.4 is 28.4 Å². The molecule has 0 aliphatic carbocycles. The highest BCUT2D eigenvalue weighted by molar-refractivity contribution is 5.67. The molecule has 2 aromatic carbocycles. The molecule has 0 radical (unpaired) electrons. The lowest BCUT2D eigenvalue weighted by atomic mass is 10.2. The number of fused-ring (bicyclic) bond motifs is 2. The summed E-state index contributed by atoms with van der Waals surface area (Å²) in [5, 5.41) is 0.